The second kappa shape index (κ2) is 10.3. The van der Waals surface area contributed by atoms with Crippen LogP contribution in [0.1, 0.15) is 55.7 Å². The number of pyridine rings is 1. The van der Waals surface area contributed by atoms with Crippen LogP contribution in [0.4, 0.5) is 4.79 Å². The number of nitrogens with zero attached hydrogens (tertiary/aromatic N) is 3. The van der Waals surface area contributed by atoms with Gasteiger partial charge >= 0.3 is 6.03 Å². The fourth-order valence-corrected chi connectivity index (χ4v) is 7.32. The maximum absolute atomic E-state index is 14.4. The number of barbiturate groups is 1. The molecule has 9 nitrogen and oxygen atoms in total. The predicted octanol–water partition coefficient (Wildman–Crippen LogP) is 2.92. The molecule has 2 unspecified atom stereocenters. The van der Waals surface area contributed by atoms with Gasteiger partial charge in [-0.25, -0.2) is 4.79 Å². The number of carbonyl (C=O) groups excluding carboxylic acids is 3. The van der Waals surface area contributed by atoms with Gasteiger partial charge in [0.15, 0.2) is 0 Å². The van der Waals surface area contributed by atoms with Crippen LogP contribution in [-0.4, -0.2) is 65.0 Å². The average molecular weight is 533 g/mol. The molecule has 0 spiro atoms. The molecule has 2 bridgehead atoms. The van der Waals surface area contributed by atoms with Crippen molar-refractivity contribution in [2.24, 2.45) is 11.3 Å². The Morgan fingerprint density at radius 1 is 0.949 bits per heavy atom. The lowest BCUT2D eigenvalue weighted by Crippen LogP contribution is -2.69. The lowest BCUT2D eigenvalue weighted by Gasteiger charge is -2.48. The number of imide groups is 2. The van der Waals surface area contributed by atoms with Crippen LogP contribution < -0.4 is 15.6 Å². The minimum Gasteiger partial charge on any atom is -0.497 e. The molecule has 2 aromatic rings. The summed E-state index contributed by atoms with van der Waals surface area (Å²) in [5.41, 5.74) is 0.453. The van der Waals surface area contributed by atoms with Crippen LogP contribution in [0.2, 0.25) is 0 Å². The third kappa shape index (κ3) is 4.67. The van der Waals surface area contributed by atoms with Crippen LogP contribution in [0.15, 0.2) is 47.3 Å². The molecule has 0 radical (unpaired) electrons. The van der Waals surface area contributed by atoms with E-state index in [9.17, 15) is 19.2 Å². The highest BCUT2D eigenvalue weighted by Crippen LogP contribution is 2.39. The fourth-order valence-electron chi connectivity index (χ4n) is 7.32. The Morgan fingerprint density at radius 2 is 1.72 bits per heavy atom. The molecule has 1 aliphatic carbocycles. The topological polar surface area (TPSA) is 101 Å². The first-order valence-electron chi connectivity index (χ1n) is 14.1. The summed E-state index contributed by atoms with van der Waals surface area (Å²) in [6.07, 6.45) is 5.75. The number of carbonyl (C=O) groups is 3. The van der Waals surface area contributed by atoms with Gasteiger partial charge in [-0.2, -0.15) is 0 Å². The van der Waals surface area contributed by atoms with E-state index < -0.39 is 17.4 Å². The number of ether oxygens (including phenoxy) is 1. The molecule has 1 aromatic heterocycles. The summed E-state index contributed by atoms with van der Waals surface area (Å²) in [5.74, 6) is 0.206. The second-order valence-electron chi connectivity index (χ2n) is 11.7. The largest absolute Gasteiger partial charge is 0.497 e. The van der Waals surface area contributed by atoms with Crippen molar-refractivity contribution >= 4 is 17.8 Å². The smallest absolute Gasteiger partial charge is 0.331 e. The Labute approximate surface area is 228 Å². The average Bonchev–Trinajstić information content (AvgIpc) is 2.93. The number of methoxy groups -OCH3 is 1. The van der Waals surface area contributed by atoms with Crippen LogP contribution in [0.25, 0.3) is 0 Å². The van der Waals surface area contributed by atoms with Crippen molar-refractivity contribution in [1.29, 1.82) is 0 Å². The molecule has 1 aromatic carbocycles. The molecule has 3 atom stereocenters. The number of likely N-dealkylation sites (tertiary alicyclic amines) is 1. The molecule has 6 rings (SSSR count). The van der Waals surface area contributed by atoms with Crippen molar-refractivity contribution < 1.29 is 19.1 Å². The van der Waals surface area contributed by atoms with Crippen LogP contribution >= 0.6 is 0 Å². The van der Waals surface area contributed by atoms with E-state index in [1.165, 1.54) is 4.90 Å². The van der Waals surface area contributed by atoms with E-state index >= 15 is 0 Å². The Balaban J connectivity index is 1.34. The first-order valence-corrected chi connectivity index (χ1v) is 14.1. The number of nitrogens with one attached hydrogen (secondary N) is 1. The molecule has 1 saturated carbocycles. The van der Waals surface area contributed by atoms with Gasteiger partial charge in [-0.3, -0.25) is 24.6 Å². The number of rotatable bonds is 6. The number of urea groups is 1. The van der Waals surface area contributed by atoms with Gasteiger partial charge in [0.25, 0.3) is 5.56 Å². The van der Waals surface area contributed by atoms with E-state index in [4.69, 9.17) is 4.74 Å². The number of benzene rings is 1. The highest BCUT2D eigenvalue weighted by Gasteiger charge is 2.56. The monoisotopic (exact) mass is 532 g/mol. The van der Waals surface area contributed by atoms with Crippen LogP contribution in [0, 0.1) is 11.3 Å². The number of hydrogen-bond acceptors (Lipinski definition) is 6. The number of piperidine rings is 1. The molecule has 4 aliphatic rings. The first kappa shape index (κ1) is 25.8. The van der Waals surface area contributed by atoms with E-state index in [1.807, 2.05) is 41.0 Å². The van der Waals surface area contributed by atoms with Crippen molar-refractivity contribution in [1.82, 2.24) is 19.7 Å². The Bertz CT molecular complexity index is 1330. The van der Waals surface area contributed by atoms with Crippen molar-refractivity contribution in [2.45, 2.75) is 63.5 Å². The van der Waals surface area contributed by atoms with E-state index in [1.54, 1.807) is 13.2 Å². The van der Waals surface area contributed by atoms with Gasteiger partial charge in [0, 0.05) is 49.9 Å². The molecule has 9 heteroatoms. The summed E-state index contributed by atoms with van der Waals surface area (Å²) in [5, 5.41) is 2.58. The van der Waals surface area contributed by atoms with Crippen molar-refractivity contribution in [3.8, 4) is 5.75 Å². The van der Waals surface area contributed by atoms with Gasteiger partial charge in [-0.15, -0.1) is 0 Å². The highest BCUT2D eigenvalue weighted by atomic mass is 16.5. The number of aromatic nitrogens is 1. The van der Waals surface area contributed by atoms with Gasteiger partial charge in [-0.1, -0.05) is 37.5 Å². The summed E-state index contributed by atoms with van der Waals surface area (Å²) in [4.78, 5) is 57.3. The second-order valence-corrected chi connectivity index (χ2v) is 11.7. The Kier molecular flexibility index (Phi) is 6.79. The zero-order valence-corrected chi connectivity index (χ0v) is 22.4. The zero-order chi connectivity index (χ0) is 27.1. The summed E-state index contributed by atoms with van der Waals surface area (Å²) >= 11 is 0. The highest BCUT2D eigenvalue weighted by molar-refractivity contribution is 6.19. The van der Waals surface area contributed by atoms with Crippen LogP contribution in [-0.2, 0) is 22.6 Å². The molecular weight excluding hydrogens is 496 g/mol. The number of fused-ring (bicyclic) bond motifs is 4. The van der Waals surface area contributed by atoms with Crippen molar-refractivity contribution in [2.75, 3.05) is 26.7 Å². The summed E-state index contributed by atoms with van der Waals surface area (Å²) in [6, 6.07) is 12.1. The van der Waals surface area contributed by atoms with Crippen LogP contribution in [0.5, 0.6) is 5.75 Å². The summed E-state index contributed by atoms with van der Waals surface area (Å²) in [7, 11) is 1.60. The molecule has 1 N–H and O–H groups in total. The molecule has 39 heavy (non-hydrogen) atoms. The molecule has 3 aliphatic heterocycles. The maximum Gasteiger partial charge on any atom is 0.331 e. The quantitative estimate of drug-likeness (QED) is 0.575. The summed E-state index contributed by atoms with van der Waals surface area (Å²) in [6.45, 7) is 2.21. The summed E-state index contributed by atoms with van der Waals surface area (Å²) < 4.78 is 7.19. The van der Waals surface area contributed by atoms with Crippen LogP contribution in [0.3, 0.4) is 0 Å². The number of hydrogen-bond donors (Lipinski definition) is 1. The fraction of sp³-hybridized carbons (Fsp3) is 0.533. The third-order valence-electron chi connectivity index (χ3n) is 9.16. The molecule has 206 valence electrons. The van der Waals surface area contributed by atoms with E-state index in [2.05, 4.69) is 10.2 Å². The molecule has 4 heterocycles. The van der Waals surface area contributed by atoms with Gasteiger partial charge in [0.2, 0.25) is 11.8 Å². The minimum absolute atomic E-state index is 0.0232. The molecule has 3 fully saturated rings. The van der Waals surface area contributed by atoms with Crippen molar-refractivity contribution in [3.05, 3.63) is 64.1 Å². The Morgan fingerprint density at radius 3 is 2.46 bits per heavy atom. The molecular formula is C30H36N4O5. The standard InChI is InChI=1S/C30H36N4O5/c1-39-24-12-10-20(11-13-24)15-30(27(36)31-29(38)34(28(30)37)23-6-3-2-4-7-23)19-32-16-21-14-22(18-32)25-8-5-9-26(35)33(25)17-21/h5,8-13,21-23H,2-4,6-7,14-19H2,1H3,(H,31,36,38)/t21?,22-,30?/m0/s1. The third-order valence-corrected chi connectivity index (χ3v) is 9.16. The molecule has 2 saturated heterocycles. The Hall–Kier alpha value is -3.46. The zero-order valence-electron chi connectivity index (χ0n) is 22.4. The number of amides is 4. The van der Waals surface area contributed by atoms with Crippen molar-refractivity contribution in [3.63, 3.8) is 0 Å². The lowest BCUT2D eigenvalue weighted by atomic mass is 9.75. The normalized spacial score (nSPS) is 27.7. The van der Waals surface area contributed by atoms with E-state index in [0.29, 0.717) is 25.4 Å². The SMILES string of the molecule is COc1ccc(CC2(CN3CC4C[C@@H](C3)c3cccc(=O)n3C4)C(=O)NC(=O)N(C3CCCCC3)C2=O)cc1. The van der Waals surface area contributed by atoms with Gasteiger partial charge in [-0.05, 0) is 55.4 Å². The maximum atomic E-state index is 14.4. The van der Waals surface area contributed by atoms with Gasteiger partial charge in [0.05, 0.1) is 7.11 Å². The van der Waals surface area contributed by atoms with Gasteiger partial charge in [0.1, 0.15) is 11.2 Å². The molecule has 4 amide bonds. The first-order chi connectivity index (χ1) is 18.9. The van der Waals surface area contributed by atoms with E-state index in [0.717, 1.165) is 49.8 Å². The predicted molar refractivity (Wildman–Crippen MR) is 144 cm³/mol. The van der Waals surface area contributed by atoms with Gasteiger partial charge < -0.3 is 14.2 Å². The lowest BCUT2D eigenvalue weighted by molar-refractivity contribution is -0.155. The van der Waals surface area contributed by atoms with E-state index in [-0.39, 0.29) is 42.3 Å². The minimum atomic E-state index is -1.43.